The van der Waals surface area contributed by atoms with Crippen molar-refractivity contribution in [2.45, 2.75) is 18.8 Å². The molecule has 158 valence electrons. The van der Waals surface area contributed by atoms with E-state index in [2.05, 4.69) is 32.0 Å². The normalized spacial score (nSPS) is 17.8. The lowest BCUT2D eigenvalue weighted by molar-refractivity contribution is -0.141. The predicted octanol–water partition coefficient (Wildman–Crippen LogP) is 2.96. The van der Waals surface area contributed by atoms with Gasteiger partial charge in [0, 0.05) is 43.9 Å². The highest BCUT2D eigenvalue weighted by molar-refractivity contribution is 5.34. The second-order valence-electron chi connectivity index (χ2n) is 6.90. The lowest BCUT2D eigenvalue weighted by Gasteiger charge is -2.32. The summed E-state index contributed by atoms with van der Waals surface area (Å²) in [6.45, 7) is 2.70. The van der Waals surface area contributed by atoms with Gasteiger partial charge in [-0.2, -0.15) is 18.2 Å². The molecule has 0 bridgehead atoms. The van der Waals surface area contributed by atoms with Crippen LogP contribution in [0.25, 0.3) is 5.69 Å². The molecule has 0 saturated carbocycles. The summed E-state index contributed by atoms with van der Waals surface area (Å²) in [6.07, 6.45) is 1.58. The van der Waals surface area contributed by atoms with E-state index in [-0.39, 0.29) is 18.7 Å². The van der Waals surface area contributed by atoms with Crippen LogP contribution in [0.1, 0.15) is 11.3 Å². The molecule has 0 amide bonds. The molecule has 4 rings (SSSR count). The van der Waals surface area contributed by atoms with Gasteiger partial charge in [0.15, 0.2) is 5.69 Å². The van der Waals surface area contributed by atoms with Crippen LogP contribution in [0.3, 0.4) is 0 Å². The molecule has 7 nitrogen and oxygen atoms in total. The third-order valence-electron chi connectivity index (χ3n) is 4.69. The van der Waals surface area contributed by atoms with Crippen molar-refractivity contribution >= 4 is 0 Å². The lowest BCUT2D eigenvalue weighted by atomic mass is 10.1. The highest BCUT2D eigenvalue weighted by Gasteiger charge is 2.33. The summed E-state index contributed by atoms with van der Waals surface area (Å²) in [5.74, 6) is 0. The fraction of sp³-hybridized carbons (Fsp3) is 0.350. The number of hydrogen-bond donors (Lipinski definition) is 0. The average molecular weight is 419 g/mol. The van der Waals surface area contributed by atoms with Gasteiger partial charge < -0.3 is 14.0 Å². The lowest BCUT2D eigenvalue weighted by Crippen LogP contribution is -2.44. The molecule has 1 aromatic carbocycles. The van der Waals surface area contributed by atoms with Gasteiger partial charge in [-0.3, -0.25) is 4.90 Å². The van der Waals surface area contributed by atoms with E-state index in [4.69, 9.17) is 9.47 Å². The Morgan fingerprint density at radius 2 is 1.97 bits per heavy atom. The van der Waals surface area contributed by atoms with Crippen LogP contribution in [0.15, 0.2) is 55.2 Å². The zero-order chi connectivity index (χ0) is 21.0. The molecule has 1 fully saturated rings. The van der Waals surface area contributed by atoms with Crippen molar-refractivity contribution < 1.29 is 22.6 Å². The van der Waals surface area contributed by atoms with Crippen molar-refractivity contribution in [3.05, 3.63) is 66.5 Å². The Morgan fingerprint density at radius 3 is 2.70 bits per heavy atom. The summed E-state index contributed by atoms with van der Waals surface area (Å²) >= 11 is 0. The number of morpholine rings is 1. The average Bonchev–Trinajstić information content (AvgIpc) is 3.28. The molecule has 0 aliphatic carbocycles. The van der Waals surface area contributed by atoms with Crippen LogP contribution in [-0.2, 0) is 17.5 Å². The number of ether oxygens (including phenoxy) is 2. The minimum Gasteiger partial charge on any atom is -0.461 e. The van der Waals surface area contributed by atoms with Crippen molar-refractivity contribution in [1.29, 1.82) is 0 Å². The van der Waals surface area contributed by atoms with Gasteiger partial charge in [0.25, 0.3) is 0 Å². The Hall–Kier alpha value is -2.98. The van der Waals surface area contributed by atoms with E-state index < -0.39 is 11.9 Å². The molecule has 1 aliphatic rings. The van der Waals surface area contributed by atoms with Crippen molar-refractivity contribution in [2.75, 3.05) is 26.3 Å². The number of imidazole rings is 1. The SMILES string of the molecule is FC(F)(F)c1ccnc(OCC2CN(Cc3ccc(-n4ccnc4)cc3)CCO2)n1. The second-order valence-corrected chi connectivity index (χ2v) is 6.90. The second kappa shape index (κ2) is 8.80. The van der Waals surface area contributed by atoms with E-state index in [1.54, 1.807) is 12.5 Å². The van der Waals surface area contributed by atoms with Crippen molar-refractivity contribution in [2.24, 2.45) is 0 Å². The molecule has 0 spiro atoms. The Labute approximate surface area is 171 Å². The van der Waals surface area contributed by atoms with Crippen LogP contribution in [0.4, 0.5) is 13.2 Å². The first kappa shape index (κ1) is 20.3. The third kappa shape index (κ3) is 5.14. The molecule has 2 aromatic heterocycles. The first-order chi connectivity index (χ1) is 14.5. The highest BCUT2D eigenvalue weighted by Crippen LogP contribution is 2.27. The summed E-state index contributed by atoms with van der Waals surface area (Å²) in [5, 5.41) is 0. The molecule has 1 unspecified atom stereocenters. The number of nitrogens with zero attached hydrogens (tertiary/aromatic N) is 5. The topological polar surface area (TPSA) is 65.3 Å². The Morgan fingerprint density at radius 1 is 1.13 bits per heavy atom. The molecule has 0 N–H and O–H groups in total. The van der Waals surface area contributed by atoms with Crippen LogP contribution in [0.5, 0.6) is 6.01 Å². The largest absolute Gasteiger partial charge is 0.461 e. The zero-order valence-electron chi connectivity index (χ0n) is 16.0. The first-order valence-electron chi connectivity index (χ1n) is 9.41. The zero-order valence-corrected chi connectivity index (χ0v) is 16.0. The standard InChI is InChI=1S/C20H20F3N5O2/c21-20(22,23)18-5-6-25-19(26-18)30-13-17-12-27(9-10-29-17)11-15-1-3-16(4-2-15)28-8-7-24-14-28/h1-8,14,17H,9-13H2. The van der Waals surface area contributed by atoms with E-state index >= 15 is 0 Å². The van der Waals surface area contributed by atoms with Crippen LogP contribution < -0.4 is 4.74 Å². The number of hydrogen-bond acceptors (Lipinski definition) is 6. The van der Waals surface area contributed by atoms with Gasteiger partial charge in [0.2, 0.25) is 0 Å². The van der Waals surface area contributed by atoms with E-state index in [0.717, 1.165) is 36.6 Å². The van der Waals surface area contributed by atoms with Gasteiger partial charge >= 0.3 is 12.2 Å². The third-order valence-corrected chi connectivity index (χ3v) is 4.69. The maximum Gasteiger partial charge on any atom is 0.433 e. The van der Waals surface area contributed by atoms with Gasteiger partial charge in [0.1, 0.15) is 12.7 Å². The highest BCUT2D eigenvalue weighted by atomic mass is 19.4. The van der Waals surface area contributed by atoms with Gasteiger partial charge in [0.05, 0.1) is 12.9 Å². The molecular weight excluding hydrogens is 399 g/mol. The minimum atomic E-state index is -4.54. The molecule has 3 heterocycles. The van der Waals surface area contributed by atoms with E-state index in [1.807, 2.05) is 22.9 Å². The maximum absolute atomic E-state index is 12.7. The Kier molecular flexibility index (Phi) is 5.96. The molecule has 10 heteroatoms. The predicted molar refractivity (Wildman–Crippen MR) is 101 cm³/mol. The minimum absolute atomic E-state index is 0.0807. The van der Waals surface area contributed by atoms with Gasteiger partial charge in [-0.1, -0.05) is 12.1 Å². The molecule has 0 radical (unpaired) electrons. The molecule has 1 aliphatic heterocycles. The van der Waals surface area contributed by atoms with E-state index in [9.17, 15) is 13.2 Å². The number of benzene rings is 1. The fourth-order valence-corrected chi connectivity index (χ4v) is 3.20. The summed E-state index contributed by atoms with van der Waals surface area (Å²) in [7, 11) is 0. The number of rotatable bonds is 6. The van der Waals surface area contributed by atoms with Gasteiger partial charge in [-0.25, -0.2) is 9.97 Å². The first-order valence-corrected chi connectivity index (χ1v) is 9.41. The van der Waals surface area contributed by atoms with Gasteiger partial charge in [-0.15, -0.1) is 0 Å². The monoisotopic (exact) mass is 419 g/mol. The molecule has 1 atom stereocenters. The molecular formula is C20H20F3N5O2. The Bertz CT molecular complexity index is 948. The van der Waals surface area contributed by atoms with Gasteiger partial charge in [-0.05, 0) is 23.8 Å². The summed E-state index contributed by atoms with van der Waals surface area (Å²) in [4.78, 5) is 13.4. The number of alkyl halides is 3. The number of halogens is 3. The molecule has 1 saturated heterocycles. The van der Waals surface area contributed by atoms with Crippen LogP contribution >= 0.6 is 0 Å². The summed E-state index contributed by atoms with van der Waals surface area (Å²) < 4.78 is 51.2. The quantitative estimate of drug-likeness (QED) is 0.612. The smallest absolute Gasteiger partial charge is 0.433 e. The Balaban J connectivity index is 1.30. The van der Waals surface area contributed by atoms with E-state index in [0.29, 0.717) is 13.2 Å². The van der Waals surface area contributed by atoms with Crippen LogP contribution in [-0.4, -0.2) is 56.8 Å². The fourth-order valence-electron chi connectivity index (χ4n) is 3.20. The summed E-state index contributed by atoms with van der Waals surface area (Å²) in [5.41, 5.74) is 1.16. The van der Waals surface area contributed by atoms with Crippen LogP contribution in [0, 0.1) is 0 Å². The van der Waals surface area contributed by atoms with Crippen molar-refractivity contribution in [3.8, 4) is 11.7 Å². The van der Waals surface area contributed by atoms with E-state index in [1.165, 1.54) is 0 Å². The number of aromatic nitrogens is 4. The maximum atomic E-state index is 12.7. The van der Waals surface area contributed by atoms with Crippen molar-refractivity contribution in [1.82, 2.24) is 24.4 Å². The summed E-state index contributed by atoms with van der Waals surface area (Å²) in [6, 6.07) is 8.69. The van der Waals surface area contributed by atoms with Crippen LogP contribution in [0.2, 0.25) is 0 Å². The molecule has 30 heavy (non-hydrogen) atoms. The molecule has 3 aromatic rings. The van der Waals surface area contributed by atoms with Crippen molar-refractivity contribution in [3.63, 3.8) is 0 Å².